The molecular formula is C15H15Cl2N5S. The molecule has 120 valence electrons. The maximum atomic E-state index is 6.01. The minimum Gasteiger partial charge on any atom is -0.352 e. The second kappa shape index (κ2) is 7.29. The molecule has 1 aliphatic rings. The number of aromatic nitrogens is 2. The number of nitrogens with one attached hydrogen (secondary N) is 1. The highest BCUT2D eigenvalue weighted by Gasteiger charge is 2.20. The van der Waals surface area contributed by atoms with Gasteiger partial charge in [0.2, 0.25) is 0 Å². The lowest BCUT2D eigenvalue weighted by atomic mass is 10.3. The summed E-state index contributed by atoms with van der Waals surface area (Å²) in [6.07, 6.45) is 5.16. The summed E-state index contributed by atoms with van der Waals surface area (Å²) in [5.74, 6) is 0.896. The summed E-state index contributed by atoms with van der Waals surface area (Å²) >= 11 is 17.5. The fourth-order valence-electron chi connectivity index (χ4n) is 2.42. The van der Waals surface area contributed by atoms with Crippen molar-refractivity contribution in [2.75, 3.05) is 36.4 Å². The number of benzene rings is 1. The van der Waals surface area contributed by atoms with Crippen LogP contribution in [0.1, 0.15) is 0 Å². The molecule has 0 bridgehead atoms. The van der Waals surface area contributed by atoms with Crippen LogP contribution in [0.15, 0.2) is 36.8 Å². The zero-order chi connectivity index (χ0) is 16.2. The highest BCUT2D eigenvalue weighted by atomic mass is 35.5. The van der Waals surface area contributed by atoms with Crippen LogP contribution >= 0.6 is 35.4 Å². The number of thiocarbonyl (C=S) groups is 1. The average molecular weight is 368 g/mol. The molecule has 0 aliphatic carbocycles. The third-order valence-electron chi connectivity index (χ3n) is 3.55. The molecule has 3 rings (SSSR count). The van der Waals surface area contributed by atoms with Gasteiger partial charge in [-0.3, -0.25) is 4.98 Å². The van der Waals surface area contributed by atoms with Crippen LogP contribution in [0, 0.1) is 0 Å². The average Bonchev–Trinajstić information content (AvgIpc) is 2.55. The summed E-state index contributed by atoms with van der Waals surface area (Å²) in [4.78, 5) is 12.8. The fraction of sp³-hybridized carbons (Fsp3) is 0.267. The van der Waals surface area contributed by atoms with Crippen molar-refractivity contribution in [1.82, 2.24) is 14.9 Å². The first-order chi connectivity index (χ1) is 11.1. The first kappa shape index (κ1) is 16.2. The van der Waals surface area contributed by atoms with E-state index >= 15 is 0 Å². The van der Waals surface area contributed by atoms with Crippen LogP contribution in [0.2, 0.25) is 10.0 Å². The van der Waals surface area contributed by atoms with Crippen LogP contribution in [-0.4, -0.2) is 46.2 Å². The minimum atomic E-state index is 0.579. The standard InChI is InChI=1S/C15H15Cl2N5S/c16-11-7-12(17)9-13(8-11)20-15(23)22-5-3-21(4-6-22)14-10-18-1-2-19-14/h1-2,7-10H,3-6H2,(H,20,23). The van der Waals surface area contributed by atoms with E-state index < -0.39 is 0 Å². The lowest BCUT2D eigenvalue weighted by Gasteiger charge is -2.36. The predicted octanol–water partition coefficient (Wildman–Crippen LogP) is 3.30. The van der Waals surface area contributed by atoms with Crippen molar-refractivity contribution in [2.24, 2.45) is 0 Å². The van der Waals surface area contributed by atoms with Gasteiger partial charge in [0.05, 0.1) is 6.20 Å². The van der Waals surface area contributed by atoms with Gasteiger partial charge in [0.15, 0.2) is 5.11 Å². The Balaban J connectivity index is 1.58. The molecule has 0 saturated carbocycles. The molecule has 2 heterocycles. The summed E-state index contributed by atoms with van der Waals surface area (Å²) < 4.78 is 0. The van der Waals surface area contributed by atoms with Crippen molar-refractivity contribution in [3.05, 3.63) is 46.8 Å². The molecule has 1 N–H and O–H groups in total. The normalized spacial score (nSPS) is 14.7. The van der Waals surface area contributed by atoms with E-state index in [0.29, 0.717) is 15.2 Å². The van der Waals surface area contributed by atoms with Gasteiger partial charge in [-0.25, -0.2) is 4.98 Å². The summed E-state index contributed by atoms with van der Waals surface area (Å²) in [5, 5.41) is 5.02. The molecule has 8 heteroatoms. The van der Waals surface area contributed by atoms with Crippen molar-refractivity contribution in [1.29, 1.82) is 0 Å². The Labute approximate surface area is 150 Å². The van der Waals surface area contributed by atoms with E-state index in [4.69, 9.17) is 35.4 Å². The molecule has 1 aliphatic heterocycles. The first-order valence-electron chi connectivity index (χ1n) is 7.15. The van der Waals surface area contributed by atoms with Crippen LogP contribution in [0.4, 0.5) is 11.5 Å². The van der Waals surface area contributed by atoms with Crippen LogP contribution in [0.25, 0.3) is 0 Å². The maximum Gasteiger partial charge on any atom is 0.173 e. The number of nitrogens with zero attached hydrogens (tertiary/aromatic N) is 4. The highest BCUT2D eigenvalue weighted by Crippen LogP contribution is 2.23. The molecule has 5 nitrogen and oxygen atoms in total. The second-order valence-electron chi connectivity index (χ2n) is 5.13. The largest absolute Gasteiger partial charge is 0.352 e. The van der Waals surface area contributed by atoms with Crippen molar-refractivity contribution < 1.29 is 0 Å². The van der Waals surface area contributed by atoms with Crippen molar-refractivity contribution >= 4 is 52.0 Å². The Morgan fingerprint density at radius 3 is 2.35 bits per heavy atom. The molecule has 1 aromatic heterocycles. The lowest BCUT2D eigenvalue weighted by Crippen LogP contribution is -2.50. The second-order valence-corrected chi connectivity index (χ2v) is 6.39. The maximum absolute atomic E-state index is 6.01. The third kappa shape index (κ3) is 4.22. The number of rotatable bonds is 2. The lowest BCUT2D eigenvalue weighted by molar-refractivity contribution is 0.389. The first-order valence-corrected chi connectivity index (χ1v) is 8.31. The molecule has 1 aromatic carbocycles. The van der Waals surface area contributed by atoms with E-state index in [1.807, 2.05) is 0 Å². The fourth-order valence-corrected chi connectivity index (χ4v) is 3.25. The molecule has 1 saturated heterocycles. The van der Waals surface area contributed by atoms with Crippen molar-refractivity contribution in [3.63, 3.8) is 0 Å². The van der Waals surface area contributed by atoms with E-state index in [0.717, 1.165) is 37.7 Å². The SMILES string of the molecule is S=C(Nc1cc(Cl)cc(Cl)c1)N1CCN(c2cnccn2)CC1. The number of hydrogen-bond donors (Lipinski definition) is 1. The zero-order valence-corrected chi connectivity index (χ0v) is 14.6. The Morgan fingerprint density at radius 1 is 1.04 bits per heavy atom. The van der Waals surface area contributed by atoms with Gasteiger partial charge in [0.25, 0.3) is 0 Å². The minimum absolute atomic E-state index is 0.579. The number of hydrogen-bond acceptors (Lipinski definition) is 4. The van der Waals surface area contributed by atoms with Gasteiger partial charge in [0, 0.05) is 54.3 Å². The van der Waals surface area contributed by atoms with Gasteiger partial charge >= 0.3 is 0 Å². The Bertz CT molecular complexity index is 669. The quantitative estimate of drug-likeness (QED) is 0.821. The smallest absolute Gasteiger partial charge is 0.173 e. The van der Waals surface area contributed by atoms with E-state index in [9.17, 15) is 0 Å². The van der Waals surface area contributed by atoms with Crippen LogP contribution < -0.4 is 10.2 Å². The molecule has 23 heavy (non-hydrogen) atoms. The predicted molar refractivity (Wildman–Crippen MR) is 98.5 cm³/mol. The van der Waals surface area contributed by atoms with Crippen LogP contribution in [0.3, 0.4) is 0 Å². The van der Waals surface area contributed by atoms with Gasteiger partial charge in [0.1, 0.15) is 5.82 Å². The highest BCUT2D eigenvalue weighted by molar-refractivity contribution is 7.80. The van der Waals surface area contributed by atoms with E-state index in [2.05, 4.69) is 25.1 Å². The van der Waals surface area contributed by atoms with Gasteiger partial charge in [-0.15, -0.1) is 0 Å². The van der Waals surface area contributed by atoms with Gasteiger partial charge in [-0.2, -0.15) is 0 Å². The molecule has 0 amide bonds. The zero-order valence-electron chi connectivity index (χ0n) is 12.2. The van der Waals surface area contributed by atoms with Crippen molar-refractivity contribution in [2.45, 2.75) is 0 Å². The van der Waals surface area contributed by atoms with Crippen molar-refractivity contribution in [3.8, 4) is 0 Å². The third-order valence-corrected chi connectivity index (χ3v) is 4.35. The number of anilines is 2. The van der Waals surface area contributed by atoms with Gasteiger partial charge < -0.3 is 15.1 Å². The van der Waals surface area contributed by atoms with E-state index in [1.165, 1.54) is 0 Å². The topological polar surface area (TPSA) is 44.3 Å². The molecule has 2 aromatic rings. The number of piperazine rings is 1. The Hall–Kier alpha value is -1.63. The van der Waals surface area contributed by atoms with Gasteiger partial charge in [-0.05, 0) is 30.4 Å². The molecule has 0 spiro atoms. The molecule has 0 unspecified atom stereocenters. The summed E-state index contributed by atoms with van der Waals surface area (Å²) in [6.45, 7) is 3.32. The molecular weight excluding hydrogens is 353 g/mol. The summed E-state index contributed by atoms with van der Waals surface area (Å²) in [5.41, 5.74) is 0.795. The Kier molecular flexibility index (Phi) is 5.15. The van der Waals surface area contributed by atoms with E-state index in [-0.39, 0.29) is 0 Å². The summed E-state index contributed by atoms with van der Waals surface area (Å²) in [7, 11) is 0. The van der Waals surface area contributed by atoms with Crippen LogP contribution in [-0.2, 0) is 0 Å². The molecule has 1 fully saturated rings. The summed E-state index contributed by atoms with van der Waals surface area (Å²) in [6, 6.07) is 5.29. The number of halogens is 2. The Morgan fingerprint density at radius 2 is 1.74 bits per heavy atom. The monoisotopic (exact) mass is 367 g/mol. The molecule has 0 radical (unpaired) electrons. The van der Waals surface area contributed by atoms with Gasteiger partial charge in [-0.1, -0.05) is 23.2 Å². The van der Waals surface area contributed by atoms with E-state index in [1.54, 1.807) is 36.8 Å². The van der Waals surface area contributed by atoms with Crippen LogP contribution in [0.5, 0.6) is 0 Å². The molecule has 0 atom stereocenters.